The SMILES string of the molecule is CC[C@@H](C)NC(=O)c1cccnc1Oc1ccc(NS(=O)(=O)c2ccc3c(c2)CCCC3)cc1. The Bertz CT molecular complexity index is 1270. The van der Waals surface area contributed by atoms with Gasteiger partial charge in [-0.25, -0.2) is 13.4 Å². The molecular weight excluding hydrogens is 450 g/mol. The molecule has 0 unspecified atom stereocenters. The van der Waals surface area contributed by atoms with Crippen LogP contribution in [0.3, 0.4) is 0 Å². The summed E-state index contributed by atoms with van der Waals surface area (Å²) in [5.41, 5.74) is 3.10. The van der Waals surface area contributed by atoms with Gasteiger partial charge in [-0.1, -0.05) is 13.0 Å². The van der Waals surface area contributed by atoms with Crippen molar-refractivity contribution in [1.29, 1.82) is 0 Å². The second-order valence-electron chi connectivity index (χ2n) is 8.51. The summed E-state index contributed by atoms with van der Waals surface area (Å²) < 4.78 is 34.3. The number of rotatable bonds is 8. The van der Waals surface area contributed by atoms with Crippen molar-refractivity contribution in [3.63, 3.8) is 0 Å². The Hall–Kier alpha value is -3.39. The Morgan fingerprint density at radius 2 is 1.79 bits per heavy atom. The maximum absolute atomic E-state index is 12.9. The first-order valence-corrected chi connectivity index (χ1v) is 13.0. The monoisotopic (exact) mass is 479 g/mol. The summed E-state index contributed by atoms with van der Waals surface area (Å²) >= 11 is 0. The first-order valence-electron chi connectivity index (χ1n) is 11.5. The number of carbonyl (C=O) groups excluding carboxylic acids is 1. The van der Waals surface area contributed by atoms with Gasteiger partial charge in [0.15, 0.2) is 0 Å². The van der Waals surface area contributed by atoms with Crippen molar-refractivity contribution >= 4 is 21.6 Å². The second kappa shape index (κ2) is 10.3. The number of hydrogen-bond donors (Lipinski definition) is 2. The van der Waals surface area contributed by atoms with Crippen LogP contribution in [-0.2, 0) is 22.9 Å². The molecule has 1 aliphatic rings. The average Bonchev–Trinajstić information content (AvgIpc) is 2.85. The van der Waals surface area contributed by atoms with Crippen molar-refractivity contribution in [2.24, 2.45) is 0 Å². The standard InChI is InChI=1S/C26H29N3O4S/c1-3-18(2)28-25(30)24-9-6-16-27-26(24)33-22-13-11-21(12-14-22)29-34(31,32)23-15-10-19-7-4-5-8-20(19)17-23/h6,9-18,29H,3-5,7-8H2,1-2H3,(H,28,30)/t18-/m1/s1. The zero-order valence-corrected chi connectivity index (χ0v) is 20.2. The second-order valence-corrected chi connectivity index (χ2v) is 10.2. The van der Waals surface area contributed by atoms with Gasteiger partial charge < -0.3 is 10.1 Å². The van der Waals surface area contributed by atoms with E-state index in [9.17, 15) is 13.2 Å². The highest BCUT2D eigenvalue weighted by Crippen LogP contribution is 2.27. The van der Waals surface area contributed by atoms with E-state index in [2.05, 4.69) is 15.0 Å². The van der Waals surface area contributed by atoms with E-state index in [1.807, 2.05) is 19.9 Å². The van der Waals surface area contributed by atoms with Gasteiger partial charge in [-0.2, -0.15) is 0 Å². The van der Waals surface area contributed by atoms with Gasteiger partial charge in [0.05, 0.1) is 4.90 Å². The van der Waals surface area contributed by atoms with Crippen molar-refractivity contribution in [2.45, 2.75) is 56.9 Å². The molecule has 0 bridgehead atoms. The number of aromatic nitrogens is 1. The van der Waals surface area contributed by atoms with Crippen LogP contribution in [0.2, 0.25) is 0 Å². The number of amides is 1. The number of anilines is 1. The molecule has 2 aromatic carbocycles. The van der Waals surface area contributed by atoms with Crippen LogP contribution < -0.4 is 14.8 Å². The Balaban J connectivity index is 1.47. The Morgan fingerprint density at radius 3 is 2.53 bits per heavy atom. The summed E-state index contributed by atoms with van der Waals surface area (Å²) in [7, 11) is -3.71. The fraction of sp³-hybridized carbons (Fsp3) is 0.308. The van der Waals surface area contributed by atoms with Crippen LogP contribution in [0.1, 0.15) is 54.6 Å². The summed E-state index contributed by atoms with van der Waals surface area (Å²) in [5, 5.41) is 2.91. The molecule has 34 heavy (non-hydrogen) atoms. The normalized spacial score (nSPS) is 14.1. The van der Waals surface area contributed by atoms with Crippen molar-refractivity contribution < 1.29 is 17.9 Å². The molecule has 1 amide bonds. The number of aryl methyl sites for hydroxylation is 2. The van der Waals surface area contributed by atoms with Crippen molar-refractivity contribution in [2.75, 3.05) is 4.72 Å². The number of benzene rings is 2. The van der Waals surface area contributed by atoms with Crippen LogP contribution in [0, 0.1) is 0 Å². The van der Waals surface area contributed by atoms with E-state index in [1.54, 1.807) is 54.7 Å². The highest BCUT2D eigenvalue weighted by Gasteiger charge is 2.19. The lowest BCUT2D eigenvalue weighted by Gasteiger charge is -2.17. The number of hydrogen-bond acceptors (Lipinski definition) is 5. The Morgan fingerprint density at radius 1 is 1.06 bits per heavy atom. The number of pyridine rings is 1. The lowest BCUT2D eigenvalue weighted by Crippen LogP contribution is -2.32. The minimum absolute atomic E-state index is 0.0305. The Labute approximate surface area is 200 Å². The van der Waals surface area contributed by atoms with E-state index < -0.39 is 10.0 Å². The molecule has 0 fully saturated rings. The van der Waals surface area contributed by atoms with Gasteiger partial charge in [-0.3, -0.25) is 9.52 Å². The van der Waals surface area contributed by atoms with Gasteiger partial charge in [0.1, 0.15) is 11.3 Å². The average molecular weight is 480 g/mol. The molecule has 1 aliphatic carbocycles. The highest BCUT2D eigenvalue weighted by atomic mass is 32.2. The van der Waals surface area contributed by atoms with Crippen molar-refractivity contribution in [3.05, 3.63) is 77.5 Å². The van der Waals surface area contributed by atoms with Crippen LogP contribution in [0.15, 0.2) is 65.7 Å². The quantitative estimate of drug-likeness (QED) is 0.469. The molecule has 178 valence electrons. The number of ether oxygens (including phenoxy) is 1. The number of nitrogens with zero attached hydrogens (tertiary/aromatic N) is 1. The third kappa shape index (κ3) is 5.56. The molecule has 0 spiro atoms. The first-order chi connectivity index (χ1) is 16.4. The first kappa shape index (κ1) is 23.8. The van der Waals surface area contributed by atoms with Crippen LogP contribution in [0.5, 0.6) is 11.6 Å². The summed E-state index contributed by atoms with van der Waals surface area (Å²) in [5.74, 6) is 0.366. The van der Waals surface area contributed by atoms with Gasteiger partial charge in [0.25, 0.3) is 15.9 Å². The number of fused-ring (bicyclic) bond motifs is 1. The number of nitrogens with one attached hydrogen (secondary N) is 2. The fourth-order valence-corrected chi connectivity index (χ4v) is 4.95. The third-order valence-corrected chi connectivity index (χ3v) is 7.34. The molecule has 1 atom stereocenters. The number of carbonyl (C=O) groups is 1. The van der Waals surface area contributed by atoms with Gasteiger partial charge in [-0.15, -0.1) is 0 Å². The van der Waals surface area contributed by atoms with E-state index in [-0.39, 0.29) is 22.7 Å². The van der Waals surface area contributed by atoms with Crippen LogP contribution >= 0.6 is 0 Å². The molecule has 0 radical (unpaired) electrons. The third-order valence-electron chi connectivity index (χ3n) is 5.96. The predicted molar refractivity (Wildman–Crippen MR) is 132 cm³/mol. The van der Waals surface area contributed by atoms with Crippen molar-refractivity contribution in [3.8, 4) is 11.6 Å². The Kier molecular flexibility index (Phi) is 7.17. The molecule has 2 N–H and O–H groups in total. The van der Waals surface area contributed by atoms with Gasteiger partial charge in [0, 0.05) is 17.9 Å². The maximum Gasteiger partial charge on any atom is 0.261 e. The molecule has 1 aromatic heterocycles. The van der Waals surface area contributed by atoms with Crippen molar-refractivity contribution in [1.82, 2.24) is 10.3 Å². The smallest absolute Gasteiger partial charge is 0.261 e. The zero-order valence-electron chi connectivity index (χ0n) is 19.4. The topological polar surface area (TPSA) is 97.4 Å². The molecule has 1 heterocycles. The minimum atomic E-state index is -3.71. The molecule has 4 rings (SSSR count). The van der Waals surface area contributed by atoms with E-state index >= 15 is 0 Å². The van der Waals surface area contributed by atoms with Gasteiger partial charge >= 0.3 is 0 Å². The number of sulfonamides is 1. The van der Waals surface area contributed by atoms with Crippen LogP contribution in [0.4, 0.5) is 5.69 Å². The van der Waals surface area contributed by atoms with E-state index in [0.717, 1.165) is 37.7 Å². The molecule has 0 aliphatic heterocycles. The molecule has 8 heteroatoms. The summed E-state index contributed by atoms with van der Waals surface area (Å²) in [6, 6.07) is 15.2. The molecule has 0 saturated heterocycles. The molecule has 7 nitrogen and oxygen atoms in total. The zero-order chi connectivity index (χ0) is 24.1. The molecular formula is C26H29N3O4S. The largest absolute Gasteiger partial charge is 0.438 e. The summed E-state index contributed by atoms with van der Waals surface area (Å²) in [4.78, 5) is 17.0. The lowest BCUT2D eigenvalue weighted by atomic mass is 9.92. The lowest BCUT2D eigenvalue weighted by molar-refractivity contribution is 0.0936. The minimum Gasteiger partial charge on any atom is -0.438 e. The van der Waals surface area contributed by atoms with E-state index in [4.69, 9.17) is 4.74 Å². The summed E-state index contributed by atoms with van der Waals surface area (Å²) in [6.45, 7) is 3.92. The summed E-state index contributed by atoms with van der Waals surface area (Å²) in [6.07, 6.45) is 6.51. The van der Waals surface area contributed by atoms with Crippen LogP contribution in [-0.4, -0.2) is 25.4 Å². The maximum atomic E-state index is 12.9. The predicted octanol–water partition coefficient (Wildman–Crippen LogP) is 5.08. The van der Waals surface area contributed by atoms with Gasteiger partial charge in [-0.05, 0) is 98.7 Å². The molecule has 3 aromatic rings. The highest BCUT2D eigenvalue weighted by molar-refractivity contribution is 7.92. The van der Waals surface area contributed by atoms with Crippen LogP contribution in [0.25, 0.3) is 0 Å². The van der Waals surface area contributed by atoms with Gasteiger partial charge in [0.2, 0.25) is 5.88 Å². The fourth-order valence-electron chi connectivity index (χ4n) is 3.84. The van der Waals surface area contributed by atoms with E-state index in [1.165, 1.54) is 5.56 Å². The molecule has 0 saturated carbocycles. The van der Waals surface area contributed by atoms with E-state index in [0.29, 0.717) is 17.0 Å².